The third kappa shape index (κ3) is 13.4. The Labute approximate surface area is 306 Å². The van der Waals surface area contributed by atoms with Gasteiger partial charge in [0.25, 0.3) is 0 Å². The second-order valence-corrected chi connectivity index (χ2v) is 25.3. The summed E-state index contributed by atoms with van der Waals surface area (Å²) in [7, 11) is 5.48. The standard InChI is InChI=1S/2C18H33P.C7H6.ClH.Ru/c2*1-4-10-16(11-5-1)19(17-12-6-2-7-13-17)18-14-8-3-9-15-18;1-7-5-3-2-4-6-7;;/h2*16-18H,1-15H2;1-6H;1H;/q;;;;+1/p+1. The molecule has 6 aliphatic rings. The molecule has 0 nitrogen and oxygen atoms in total. The third-order valence-corrected chi connectivity index (χ3v) is 23.8. The molecule has 1 aromatic carbocycles. The Balaban J connectivity index is 0.000000148. The first-order valence-electron chi connectivity index (χ1n) is 21.2. The molecule has 7 rings (SSSR count). The number of halogens is 1. The van der Waals surface area contributed by atoms with Gasteiger partial charge in [0.2, 0.25) is 0 Å². The van der Waals surface area contributed by atoms with Crippen LogP contribution in [0.25, 0.3) is 0 Å². The van der Waals surface area contributed by atoms with Gasteiger partial charge in [-0.2, -0.15) is 0 Å². The van der Waals surface area contributed by atoms with Crippen molar-refractivity contribution in [3.8, 4) is 0 Å². The quantitative estimate of drug-likeness (QED) is 0.191. The van der Waals surface area contributed by atoms with Crippen LogP contribution in [0.1, 0.15) is 198 Å². The van der Waals surface area contributed by atoms with E-state index in [-0.39, 0.29) is 31.5 Å². The fourth-order valence-electron chi connectivity index (χ4n) is 11.2. The molecule has 0 spiro atoms. The van der Waals surface area contributed by atoms with Gasteiger partial charge in [0, 0.05) is 15.8 Å². The molecule has 0 amide bonds. The van der Waals surface area contributed by atoms with E-state index in [1.54, 1.807) is 193 Å². The maximum absolute atomic E-state index is 5.57. The van der Waals surface area contributed by atoms with Crippen LogP contribution in [0, 0.1) is 0 Å². The van der Waals surface area contributed by atoms with Crippen molar-refractivity contribution in [3.05, 3.63) is 35.9 Å². The fourth-order valence-corrected chi connectivity index (χ4v) is 22.7. The van der Waals surface area contributed by atoms with E-state index in [1.165, 1.54) is 39.5 Å². The monoisotopic (exact) mass is 789 g/mol. The second-order valence-electron chi connectivity index (χ2n) is 16.6. The molecule has 47 heavy (non-hydrogen) atoms. The summed E-state index contributed by atoms with van der Waals surface area (Å²) < 4.78 is 2.06. The number of hydrogen-bond acceptors (Lipinski definition) is 0. The number of hydrogen-bond donors (Lipinski definition) is 0. The van der Waals surface area contributed by atoms with Crippen LogP contribution in [0.2, 0.25) is 0 Å². The molecule has 0 aliphatic heterocycles. The summed E-state index contributed by atoms with van der Waals surface area (Å²) in [4.78, 5) is 0. The molecule has 0 N–H and O–H groups in total. The molecule has 4 heteroatoms. The summed E-state index contributed by atoms with van der Waals surface area (Å²) in [6, 6.07) is 10.1. The van der Waals surface area contributed by atoms with Gasteiger partial charge >= 0.3 is 65.9 Å². The van der Waals surface area contributed by atoms with Crippen LogP contribution in [-0.4, -0.2) is 38.6 Å². The van der Waals surface area contributed by atoms with Gasteiger partial charge in [0.1, 0.15) is 0 Å². The zero-order chi connectivity index (χ0) is 32.4. The molecular formula is C43H74ClP2Ru+2. The Morgan fingerprint density at radius 1 is 0.383 bits per heavy atom. The first-order valence-corrected chi connectivity index (χ1v) is 27.9. The van der Waals surface area contributed by atoms with E-state index in [1.807, 2.05) is 18.2 Å². The third-order valence-electron chi connectivity index (χ3n) is 13.4. The van der Waals surface area contributed by atoms with Crippen molar-refractivity contribution in [3.63, 3.8) is 0 Å². The predicted molar refractivity (Wildman–Crippen MR) is 215 cm³/mol. The maximum atomic E-state index is 5.57. The van der Waals surface area contributed by atoms with Crippen LogP contribution in [0.5, 0.6) is 0 Å². The van der Waals surface area contributed by atoms with Gasteiger partial charge in [0.05, 0.1) is 34.0 Å². The molecule has 0 bridgehead atoms. The van der Waals surface area contributed by atoms with E-state index in [0.717, 1.165) is 0 Å². The van der Waals surface area contributed by atoms with E-state index in [2.05, 4.69) is 16.7 Å². The van der Waals surface area contributed by atoms with E-state index < -0.39 is 0 Å². The molecular weight excluding hydrogens is 715 g/mol. The van der Waals surface area contributed by atoms with E-state index in [9.17, 15) is 0 Å². The van der Waals surface area contributed by atoms with E-state index in [0.29, 0.717) is 0 Å². The molecule has 6 fully saturated rings. The minimum absolute atomic E-state index is 0.0465. The summed E-state index contributed by atoms with van der Waals surface area (Å²) in [5.74, 6) is 0. The van der Waals surface area contributed by atoms with Gasteiger partial charge < -0.3 is 0 Å². The van der Waals surface area contributed by atoms with Crippen molar-refractivity contribution in [1.29, 1.82) is 0 Å². The summed E-state index contributed by atoms with van der Waals surface area (Å²) in [5.41, 5.74) is 8.59. The Morgan fingerprint density at radius 2 is 0.617 bits per heavy atom. The molecule has 0 aromatic heterocycles. The average Bonchev–Trinajstić information content (AvgIpc) is 3.16. The summed E-state index contributed by atoms with van der Waals surface area (Å²) >= 11 is -0.0765. The van der Waals surface area contributed by atoms with Gasteiger partial charge in [-0.3, -0.25) is 0 Å². The normalized spacial score (nSPS) is 25.5. The second kappa shape index (κ2) is 23.4. The van der Waals surface area contributed by atoms with Crippen molar-refractivity contribution < 1.29 is 15.7 Å². The first-order chi connectivity index (χ1) is 23.3. The first kappa shape index (κ1) is 39.1. The molecule has 0 radical (unpaired) electrons. The zero-order valence-electron chi connectivity index (χ0n) is 30.4. The SMILES string of the molecule is C1CCC([PH+](C2CCCCC2)C2CCCCC2)CC1.C1CCC([PH+](C2CCCCC2)C2CCCCC2)CC1.[Cl][Ru]=[CH]c1ccccc1. The van der Waals surface area contributed by atoms with Gasteiger partial charge in [-0.15, -0.1) is 0 Å². The zero-order valence-corrected chi connectivity index (χ0v) is 34.9. The Kier molecular flexibility index (Phi) is 19.5. The Bertz CT molecular complexity index is 794. The van der Waals surface area contributed by atoms with Gasteiger partial charge in [-0.1, -0.05) is 38.5 Å². The van der Waals surface area contributed by atoms with Gasteiger partial charge in [-0.25, -0.2) is 0 Å². The van der Waals surface area contributed by atoms with Crippen molar-refractivity contribution in [2.45, 2.75) is 227 Å². The van der Waals surface area contributed by atoms with Crippen LogP contribution in [0.4, 0.5) is 0 Å². The van der Waals surface area contributed by atoms with E-state index >= 15 is 0 Å². The summed E-state index contributed by atoms with van der Waals surface area (Å²) in [6.45, 7) is 0. The van der Waals surface area contributed by atoms with Crippen LogP contribution >= 0.6 is 25.5 Å². The minimum atomic E-state index is -0.0765. The van der Waals surface area contributed by atoms with Gasteiger partial charge in [0.15, 0.2) is 0 Å². The predicted octanol–water partition coefficient (Wildman–Crippen LogP) is 14.5. The summed E-state index contributed by atoms with van der Waals surface area (Å²) in [5, 5.41) is 0. The van der Waals surface area contributed by atoms with Crippen LogP contribution in [0.3, 0.4) is 0 Å². The van der Waals surface area contributed by atoms with Crippen LogP contribution in [-0.2, 0) is 15.7 Å². The molecule has 0 saturated heterocycles. The molecule has 0 atom stereocenters. The fraction of sp³-hybridized carbons (Fsp3) is 0.837. The number of benzene rings is 1. The van der Waals surface area contributed by atoms with Crippen LogP contribution < -0.4 is 0 Å². The van der Waals surface area contributed by atoms with Gasteiger partial charge in [-0.05, 0) is 154 Å². The molecule has 6 saturated carbocycles. The van der Waals surface area contributed by atoms with Crippen molar-refractivity contribution in [1.82, 2.24) is 0 Å². The van der Waals surface area contributed by atoms with Crippen molar-refractivity contribution in [2.75, 3.05) is 0 Å². The average molecular weight is 790 g/mol. The van der Waals surface area contributed by atoms with Crippen molar-refractivity contribution >= 4 is 30.1 Å². The van der Waals surface area contributed by atoms with Crippen LogP contribution in [0.15, 0.2) is 30.3 Å². The Hall–Kier alpha value is 0.863. The number of rotatable bonds is 7. The van der Waals surface area contributed by atoms with Crippen molar-refractivity contribution in [2.24, 2.45) is 0 Å². The topological polar surface area (TPSA) is 0 Å². The molecule has 6 aliphatic carbocycles. The molecule has 0 heterocycles. The molecule has 1 aromatic rings. The summed E-state index contributed by atoms with van der Waals surface area (Å²) in [6.07, 6.45) is 47.6. The van der Waals surface area contributed by atoms with E-state index in [4.69, 9.17) is 9.69 Å². The molecule has 269 valence electrons. The molecule has 0 unspecified atom stereocenters. The Morgan fingerprint density at radius 3 is 0.830 bits per heavy atom.